The van der Waals surface area contributed by atoms with E-state index in [-0.39, 0.29) is 11.3 Å². The lowest BCUT2D eigenvalue weighted by Gasteiger charge is -2.14. The van der Waals surface area contributed by atoms with E-state index >= 15 is 0 Å². The van der Waals surface area contributed by atoms with E-state index in [9.17, 15) is 22.8 Å². The van der Waals surface area contributed by atoms with Crippen molar-refractivity contribution >= 4 is 39.2 Å². The number of nitrogen functional groups attached to an aromatic ring is 1. The first-order chi connectivity index (χ1) is 12.2. The highest BCUT2D eigenvalue weighted by molar-refractivity contribution is 9.10. The van der Waals surface area contributed by atoms with Gasteiger partial charge in [0.1, 0.15) is 5.75 Å². The third-order valence-corrected chi connectivity index (χ3v) is 3.42. The van der Waals surface area contributed by atoms with Crippen LogP contribution in [0.4, 0.5) is 29.3 Å². The molecule has 0 radical (unpaired) electrons. The summed E-state index contributed by atoms with van der Waals surface area (Å²) in [4.78, 5) is 23.8. The molecule has 0 atom stereocenters. The minimum absolute atomic E-state index is 0.147. The van der Waals surface area contributed by atoms with Crippen LogP contribution in [-0.2, 0) is 0 Å². The number of benzene rings is 2. The summed E-state index contributed by atoms with van der Waals surface area (Å²) in [6, 6.07) is 8.66. The van der Waals surface area contributed by atoms with E-state index in [1.807, 2.05) is 5.43 Å². The Balaban J connectivity index is 2.25. The average molecular weight is 433 g/mol. The van der Waals surface area contributed by atoms with Crippen molar-refractivity contribution in [3.05, 3.63) is 52.5 Å². The Labute approximate surface area is 153 Å². The summed E-state index contributed by atoms with van der Waals surface area (Å²) in [6.45, 7) is 0. The smallest absolute Gasteiger partial charge is 0.406 e. The maximum Gasteiger partial charge on any atom is 0.573 e. The van der Waals surface area contributed by atoms with Crippen LogP contribution in [0.1, 0.15) is 10.4 Å². The molecule has 0 unspecified atom stereocenters. The van der Waals surface area contributed by atoms with Gasteiger partial charge in [0.25, 0.3) is 5.91 Å². The number of carbonyl (C=O) groups is 2. The molecule has 0 bridgehead atoms. The van der Waals surface area contributed by atoms with Gasteiger partial charge in [0.05, 0.1) is 11.3 Å². The SMILES string of the molecule is NNC(=O)c1ccc(OC(F)(F)F)cc1NC(=O)Nc1cccc(Br)c1. The molecular formula is C15H12BrF3N4O3. The highest BCUT2D eigenvalue weighted by atomic mass is 79.9. The molecule has 0 aliphatic carbocycles. The van der Waals surface area contributed by atoms with Crippen molar-refractivity contribution in [1.82, 2.24) is 5.43 Å². The standard InChI is InChI=1S/C15H12BrF3N4O3/c16-8-2-1-3-9(6-8)21-14(25)22-12-7-10(26-15(17,18)19)4-5-11(12)13(24)23-20/h1-7H,20H2,(H,23,24)(H2,21,22,25). The molecule has 5 N–H and O–H groups in total. The van der Waals surface area contributed by atoms with Gasteiger partial charge in [-0.1, -0.05) is 22.0 Å². The Morgan fingerprint density at radius 3 is 2.42 bits per heavy atom. The van der Waals surface area contributed by atoms with Gasteiger partial charge in [0.15, 0.2) is 0 Å². The van der Waals surface area contributed by atoms with Crippen LogP contribution in [0.3, 0.4) is 0 Å². The third kappa shape index (κ3) is 5.63. The van der Waals surface area contributed by atoms with Gasteiger partial charge in [-0.3, -0.25) is 10.2 Å². The normalized spacial score (nSPS) is 10.8. The Kier molecular flexibility index (Phi) is 6.05. The van der Waals surface area contributed by atoms with Crippen LogP contribution in [0.5, 0.6) is 5.75 Å². The number of alkyl halides is 3. The lowest BCUT2D eigenvalue weighted by molar-refractivity contribution is -0.274. The van der Waals surface area contributed by atoms with Crippen molar-refractivity contribution in [2.45, 2.75) is 6.36 Å². The number of hydrogen-bond donors (Lipinski definition) is 4. The van der Waals surface area contributed by atoms with Crippen LogP contribution in [0.2, 0.25) is 0 Å². The molecule has 26 heavy (non-hydrogen) atoms. The zero-order chi connectivity index (χ0) is 19.3. The maximum absolute atomic E-state index is 12.4. The molecule has 0 aliphatic heterocycles. The van der Waals surface area contributed by atoms with Gasteiger partial charge < -0.3 is 15.4 Å². The molecule has 2 aromatic rings. The van der Waals surface area contributed by atoms with E-state index in [1.54, 1.807) is 24.3 Å². The summed E-state index contributed by atoms with van der Waals surface area (Å²) in [5, 5.41) is 4.77. The van der Waals surface area contributed by atoms with Crippen molar-refractivity contribution in [2.75, 3.05) is 10.6 Å². The second kappa shape index (κ2) is 8.06. The fraction of sp³-hybridized carbons (Fsp3) is 0.0667. The Bertz CT molecular complexity index is 830. The van der Waals surface area contributed by atoms with E-state index < -0.39 is 24.1 Å². The van der Waals surface area contributed by atoms with Crippen molar-refractivity contribution in [3.8, 4) is 5.75 Å². The number of urea groups is 1. The first kappa shape index (κ1) is 19.5. The topological polar surface area (TPSA) is 105 Å². The van der Waals surface area contributed by atoms with Crippen LogP contribution < -0.4 is 26.6 Å². The van der Waals surface area contributed by atoms with E-state index in [1.165, 1.54) is 0 Å². The number of ether oxygens (including phenoxy) is 1. The van der Waals surface area contributed by atoms with Gasteiger partial charge in [0.2, 0.25) is 0 Å². The van der Waals surface area contributed by atoms with Crippen molar-refractivity contribution < 1.29 is 27.5 Å². The van der Waals surface area contributed by atoms with Crippen LogP contribution >= 0.6 is 15.9 Å². The molecule has 7 nitrogen and oxygen atoms in total. The lowest BCUT2D eigenvalue weighted by Crippen LogP contribution is -2.31. The number of hydrazine groups is 1. The van der Waals surface area contributed by atoms with Crippen LogP contribution in [-0.4, -0.2) is 18.3 Å². The Morgan fingerprint density at radius 2 is 1.81 bits per heavy atom. The largest absolute Gasteiger partial charge is 0.573 e. The maximum atomic E-state index is 12.4. The number of nitrogens with one attached hydrogen (secondary N) is 3. The molecule has 3 amide bonds. The van der Waals surface area contributed by atoms with Crippen LogP contribution in [0.25, 0.3) is 0 Å². The molecule has 11 heteroatoms. The number of anilines is 2. The van der Waals surface area contributed by atoms with Crippen LogP contribution in [0, 0.1) is 0 Å². The van der Waals surface area contributed by atoms with Gasteiger partial charge in [-0.25, -0.2) is 10.6 Å². The predicted molar refractivity (Wildman–Crippen MR) is 91.6 cm³/mol. The molecule has 0 spiro atoms. The first-order valence-electron chi connectivity index (χ1n) is 6.92. The van der Waals surface area contributed by atoms with Gasteiger partial charge in [-0.2, -0.15) is 0 Å². The number of halogens is 4. The van der Waals surface area contributed by atoms with Gasteiger partial charge in [0, 0.05) is 16.2 Å². The molecule has 0 aromatic heterocycles. The second-order valence-electron chi connectivity index (χ2n) is 4.82. The summed E-state index contributed by atoms with van der Waals surface area (Å²) >= 11 is 3.23. The number of carbonyl (C=O) groups excluding carboxylic acids is 2. The molecule has 2 aromatic carbocycles. The monoisotopic (exact) mass is 432 g/mol. The Hall–Kier alpha value is -2.79. The lowest BCUT2D eigenvalue weighted by atomic mass is 10.1. The summed E-state index contributed by atoms with van der Waals surface area (Å²) in [5.41, 5.74) is 1.89. The fourth-order valence-electron chi connectivity index (χ4n) is 1.95. The first-order valence-corrected chi connectivity index (χ1v) is 7.71. The average Bonchev–Trinajstić information content (AvgIpc) is 2.52. The van der Waals surface area contributed by atoms with Crippen molar-refractivity contribution in [3.63, 3.8) is 0 Å². The Morgan fingerprint density at radius 1 is 1.08 bits per heavy atom. The summed E-state index contributed by atoms with van der Waals surface area (Å²) < 4.78 is 41.6. The van der Waals surface area contributed by atoms with Gasteiger partial charge in [-0.15, -0.1) is 13.2 Å². The quantitative estimate of drug-likeness (QED) is 0.336. The summed E-state index contributed by atoms with van der Waals surface area (Å²) in [7, 11) is 0. The van der Waals surface area contributed by atoms with Crippen LogP contribution in [0.15, 0.2) is 46.9 Å². The van der Waals surface area contributed by atoms with E-state index in [4.69, 9.17) is 5.84 Å². The molecule has 0 aliphatic rings. The second-order valence-corrected chi connectivity index (χ2v) is 5.73. The third-order valence-electron chi connectivity index (χ3n) is 2.93. The number of amides is 3. The molecule has 0 fully saturated rings. The molecule has 138 valence electrons. The molecule has 0 heterocycles. The molecule has 2 rings (SSSR count). The summed E-state index contributed by atoms with van der Waals surface area (Å²) in [6.07, 6.45) is -4.92. The zero-order valence-corrected chi connectivity index (χ0v) is 14.4. The minimum atomic E-state index is -4.92. The minimum Gasteiger partial charge on any atom is -0.406 e. The van der Waals surface area contributed by atoms with E-state index in [0.717, 1.165) is 18.2 Å². The summed E-state index contributed by atoms with van der Waals surface area (Å²) in [5.74, 6) is 3.63. The fourth-order valence-corrected chi connectivity index (χ4v) is 2.35. The zero-order valence-electron chi connectivity index (χ0n) is 12.9. The van der Waals surface area contributed by atoms with E-state index in [2.05, 4.69) is 31.3 Å². The molecular weight excluding hydrogens is 421 g/mol. The molecule has 0 saturated heterocycles. The molecule has 0 saturated carbocycles. The van der Waals surface area contributed by atoms with Crippen molar-refractivity contribution in [2.24, 2.45) is 5.84 Å². The van der Waals surface area contributed by atoms with Crippen molar-refractivity contribution in [1.29, 1.82) is 0 Å². The number of hydrogen-bond acceptors (Lipinski definition) is 4. The van der Waals surface area contributed by atoms with Gasteiger partial charge >= 0.3 is 12.4 Å². The highest BCUT2D eigenvalue weighted by Gasteiger charge is 2.31. The highest BCUT2D eigenvalue weighted by Crippen LogP contribution is 2.28. The van der Waals surface area contributed by atoms with Gasteiger partial charge in [-0.05, 0) is 30.3 Å². The number of rotatable bonds is 4. The predicted octanol–water partition coefficient (Wildman–Crippen LogP) is 3.60. The van der Waals surface area contributed by atoms with E-state index in [0.29, 0.717) is 10.2 Å². The number of nitrogens with two attached hydrogens (primary N) is 1.